The maximum Gasteiger partial charge on any atom is 0.491 e. The molecule has 1 aromatic carbocycles. The van der Waals surface area contributed by atoms with Crippen molar-refractivity contribution in [2.75, 3.05) is 0 Å². The third-order valence-electron chi connectivity index (χ3n) is 2.63. The fourth-order valence-corrected chi connectivity index (χ4v) is 1.62. The zero-order chi connectivity index (χ0) is 16.2. The predicted octanol–water partition coefficient (Wildman–Crippen LogP) is 3.36. The number of halogens is 3. The molecule has 0 bridgehead atoms. The average molecular weight is 309 g/mol. The van der Waals surface area contributed by atoms with E-state index in [9.17, 15) is 22.8 Å². The summed E-state index contributed by atoms with van der Waals surface area (Å²) in [6.45, 7) is 0. The summed E-state index contributed by atoms with van der Waals surface area (Å²) in [4.78, 5) is 22.3. The smallest absolute Gasteiger partial charge is 0.382 e. The van der Waals surface area contributed by atoms with Crippen molar-refractivity contribution >= 4 is 24.2 Å². The van der Waals surface area contributed by atoms with Crippen molar-refractivity contribution in [3.05, 3.63) is 59.9 Å². The van der Waals surface area contributed by atoms with Crippen LogP contribution in [-0.2, 0) is 9.53 Å². The molecule has 0 spiro atoms. The zero-order valence-corrected chi connectivity index (χ0v) is 11.1. The molecule has 2 aromatic rings. The molecule has 0 unspecified atom stereocenters. The lowest BCUT2D eigenvalue weighted by atomic mass is 10.2. The molecule has 0 atom stereocenters. The molecule has 0 amide bonds. The number of alkyl halides is 3. The van der Waals surface area contributed by atoms with Crippen LogP contribution in [-0.4, -0.2) is 22.7 Å². The molecule has 0 aliphatic rings. The molecule has 2 rings (SSSR count). The summed E-state index contributed by atoms with van der Waals surface area (Å²) < 4.78 is 41.3. The SMILES string of the molecule is O=C(OC(=O)C(F)(F)F)c1cccn1C=Cc1ccccc1. The first-order chi connectivity index (χ1) is 10.4. The number of hydrogen-bond donors (Lipinski definition) is 0. The van der Waals surface area contributed by atoms with Crippen molar-refractivity contribution in [1.29, 1.82) is 0 Å². The number of esters is 2. The van der Waals surface area contributed by atoms with Crippen LogP contribution in [0.2, 0.25) is 0 Å². The molecular formula is C15H10F3NO3. The van der Waals surface area contributed by atoms with Crippen molar-refractivity contribution < 1.29 is 27.5 Å². The van der Waals surface area contributed by atoms with Crippen LogP contribution in [0.5, 0.6) is 0 Å². The van der Waals surface area contributed by atoms with E-state index in [0.29, 0.717) is 0 Å². The van der Waals surface area contributed by atoms with Gasteiger partial charge >= 0.3 is 18.1 Å². The van der Waals surface area contributed by atoms with Gasteiger partial charge in [0.25, 0.3) is 0 Å². The fourth-order valence-electron chi connectivity index (χ4n) is 1.62. The highest BCUT2D eigenvalue weighted by atomic mass is 19.4. The summed E-state index contributed by atoms with van der Waals surface area (Å²) in [5.74, 6) is -3.91. The quantitative estimate of drug-likeness (QED) is 0.645. The Morgan fingerprint density at radius 1 is 1.05 bits per heavy atom. The molecule has 1 aromatic heterocycles. The molecule has 114 valence electrons. The van der Waals surface area contributed by atoms with Gasteiger partial charge in [0.05, 0.1) is 0 Å². The van der Waals surface area contributed by atoms with Crippen LogP contribution in [0.25, 0.3) is 12.3 Å². The van der Waals surface area contributed by atoms with E-state index in [2.05, 4.69) is 4.74 Å². The second kappa shape index (κ2) is 6.30. The van der Waals surface area contributed by atoms with Gasteiger partial charge in [-0.25, -0.2) is 9.59 Å². The van der Waals surface area contributed by atoms with Crippen LogP contribution in [0.4, 0.5) is 13.2 Å². The Bertz CT molecular complexity index is 702. The highest BCUT2D eigenvalue weighted by molar-refractivity contribution is 5.97. The van der Waals surface area contributed by atoms with E-state index >= 15 is 0 Å². The number of carbonyl (C=O) groups is 2. The molecular weight excluding hydrogens is 299 g/mol. The third-order valence-corrected chi connectivity index (χ3v) is 2.63. The minimum absolute atomic E-state index is 0.190. The lowest BCUT2D eigenvalue weighted by Gasteiger charge is -2.06. The molecule has 0 aliphatic carbocycles. The van der Waals surface area contributed by atoms with Crippen LogP contribution < -0.4 is 0 Å². The highest BCUT2D eigenvalue weighted by Crippen LogP contribution is 2.18. The van der Waals surface area contributed by atoms with Crippen LogP contribution >= 0.6 is 0 Å². The number of carbonyl (C=O) groups excluding carboxylic acids is 2. The average Bonchev–Trinajstić information content (AvgIpc) is 2.93. The van der Waals surface area contributed by atoms with Crippen molar-refractivity contribution in [2.45, 2.75) is 6.18 Å². The second-order valence-corrected chi connectivity index (χ2v) is 4.20. The van der Waals surface area contributed by atoms with E-state index in [-0.39, 0.29) is 5.69 Å². The fraction of sp³-hybridized carbons (Fsp3) is 0.0667. The number of aromatic nitrogens is 1. The Morgan fingerprint density at radius 2 is 1.73 bits per heavy atom. The minimum atomic E-state index is -5.22. The zero-order valence-electron chi connectivity index (χ0n) is 11.1. The van der Waals surface area contributed by atoms with Crippen molar-refractivity contribution in [1.82, 2.24) is 4.57 Å². The van der Waals surface area contributed by atoms with Crippen LogP contribution in [0.3, 0.4) is 0 Å². The van der Waals surface area contributed by atoms with Crippen molar-refractivity contribution in [2.24, 2.45) is 0 Å². The molecule has 22 heavy (non-hydrogen) atoms. The Balaban J connectivity index is 2.14. The van der Waals surface area contributed by atoms with Gasteiger partial charge in [-0.3, -0.25) is 0 Å². The molecule has 0 radical (unpaired) electrons. The molecule has 1 heterocycles. The Hall–Kier alpha value is -2.83. The summed E-state index contributed by atoms with van der Waals surface area (Å²) in [5, 5.41) is 0. The normalized spacial score (nSPS) is 11.6. The summed E-state index contributed by atoms with van der Waals surface area (Å²) >= 11 is 0. The maximum atomic E-state index is 12.1. The Labute approximate surface area is 123 Å². The van der Waals surface area contributed by atoms with Gasteiger partial charge in [0.1, 0.15) is 5.69 Å². The number of benzene rings is 1. The number of hydrogen-bond acceptors (Lipinski definition) is 3. The third kappa shape index (κ3) is 3.85. The lowest BCUT2D eigenvalue weighted by Crippen LogP contribution is -2.28. The monoisotopic (exact) mass is 309 g/mol. The van der Waals surface area contributed by atoms with Crippen LogP contribution in [0.1, 0.15) is 16.1 Å². The van der Waals surface area contributed by atoms with Gasteiger partial charge in [0.2, 0.25) is 0 Å². The van der Waals surface area contributed by atoms with E-state index in [1.165, 1.54) is 29.1 Å². The summed E-state index contributed by atoms with van der Waals surface area (Å²) in [7, 11) is 0. The number of ether oxygens (including phenoxy) is 1. The molecule has 4 nitrogen and oxygen atoms in total. The topological polar surface area (TPSA) is 48.3 Å². The molecule has 7 heteroatoms. The first-order valence-corrected chi connectivity index (χ1v) is 6.11. The van der Waals surface area contributed by atoms with Gasteiger partial charge in [0, 0.05) is 12.4 Å². The first-order valence-electron chi connectivity index (χ1n) is 6.11. The summed E-state index contributed by atoms with van der Waals surface area (Å²) in [6.07, 6.45) is -0.632. The number of rotatable bonds is 3. The predicted molar refractivity (Wildman–Crippen MR) is 72.6 cm³/mol. The lowest BCUT2D eigenvalue weighted by molar-refractivity contribution is -0.193. The van der Waals surface area contributed by atoms with E-state index in [1.54, 1.807) is 6.08 Å². The van der Waals surface area contributed by atoms with Gasteiger partial charge < -0.3 is 9.30 Å². The molecule has 0 saturated heterocycles. The first kappa shape index (κ1) is 15.6. The second-order valence-electron chi connectivity index (χ2n) is 4.20. The van der Waals surface area contributed by atoms with E-state index in [0.717, 1.165) is 5.56 Å². The minimum Gasteiger partial charge on any atom is -0.382 e. The van der Waals surface area contributed by atoms with Gasteiger partial charge in [-0.2, -0.15) is 13.2 Å². The molecule has 0 fully saturated rings. The van der Waals surface area contributed by atoms with Gasteiger partial charge in [-0.05, 0) is 23.8 Å². The van der Waals surface area contributed by atoms with E-state index in [4.69, 9.17) is 0 Å². The molecule has 0 aliphatic heterocycles. The molecule has 0 N–H and O–H groups in total. The largest absolute Gasteiger partial charge is 0.491 e. The molecule has 0 saturated carbocycles. The Kier molecular flexibility index (Phi) is 4.45. The van der Waals surface area contributed by atoms with Gasteiger partial charge in [-0.1, -0.05) is 30.3 Å². The summed E-state index contributed by atoms with van der Waals surface area (Å²) in [6, 6.07) is 11.8. The van der Waals surface area contributed by atoms with Crippen molar-refractivity contribution in [3.8, 4) is 0 Å². The van der Waals surface area contributed by atoms with Gasteiger partial charge in [-0.15, -0.1) is 0 Å². The van der Waals surface area contributed by atoms with Crippen LogP contribution in [0.15, 0.2) is 48.7 Å². The highest BCUT2D eigenvalue weighted by Gasteiger charge is 2.42. The standard InChI is InChI=1S/C15H10F3NO3/c16-15(17,18)14(21)22-13(20)12-7-4-9-19(12)10-8-11-5-2-1-3-6-11/h1-10H. The van der Waals surface area contributed by atoms with Crippen LogP contribution in [0, 0.1) is 0 Å². The van der Waals surface area contributed by atoms with E-state index in [1.807, 2.05) is 30.3 Å². The Morgan fingerprint density at radius 3 is 2.36 bits per heavy atom. The van der Waals surface area contributed by atoms with Crippen molar-refractivity contribution in [3.63, 3.8) is 0 Å². The van der Waals surface area contributed by atoms with Gasteiger partial charge in [0.15, 0.2) is 0 Å². The number of nitrogens with zero attached hydrogens (tertiary/aromatic N) is 1. The van der Waals surface area contributed by atoms with E-state index < -0.39 is 18.1 Å². The summed E-state index contributed by atoms with van der Waals surface area (Å²) in [5.41, 5.74) is 0.645. The maximum absolute atomic E-state index is 12.1.